The highest BCUT2D eigenvalue weighted by molar-refractivity contribution is 5.77. The van der Waals surface area contributed by atoms with Crippen LogP contribution in [0.1, 0.15) is 69.5 Å². The maximum absolute atomic E-state index is 9.30. The number of aromatic nitrogens is 3. The SMILES string of the molecule is CC(C)(C)Cn1c(CN2CCC(c3ccc(OCCN4CCCC4)cc3)CC2)cc2cnc(C#N)nc21. The third-order valence-electron chi connectivity index (χ3n) is 7.65. The largest absolute Gasteiger partial charge is 0.492 e. The first kappa shape index (κ1) is 25.7. The molecule has 1 aromatic carbocycles. The molecule has 0 amide bonds. The highest BCUT2D eigenvalue weighted by Gasteiger charge is 2.24. The molecule has 0 bridgehead atoms. The van der Waals surface area contributed by atoms with E-state index in [2.05, 4.69) is 81.5 Å². The summed E-state index contributed by atoms with van der Waals surface area (Å²) in [5.74, 6) is 1.81. The number of likely N-dealkylation sites (tertiary alicyclic amines) is 2. The third-order valence-corrected chi connectivity index (χ3v) is 7.65. The van der Waals surface area contributed by atoms with Crippen molar-refractivity contribution < 1.29 is 4.74 Å². The Hall–Kier alpha value is -2.95. The predicted molar refractivity (Wildman–Crippen MR) is 147 cm³/mol. The van der Waals surface area contributed by atoms with Crippen molar-refractivity contribution in [3.8, 4) is 11.8 Å². The molecule has 4 heterocycles. The molecule has 2 aliphatic heterocycles. The zero-order valence-electron chi connectivity index (χ0n) is 22.6. The zero-order chi connectivity index (χ0) is 25.8. The van der Waals surface area contributed by atoms with Crippen LogP contribution in [0.2, 0.25) is 0 Å². The zero-order valence-corrected chi connectivity index (χ0v) is 22.6. The highest BCUT2D eigenvalue weighted by atomic mass is 16.5. The average molecular weight is 501 g/mol. The number of nitrogens with zero attached hydrogens (tertiary/aromatic N) is 6. The molecule has 2 aliphatic rings. The van der Waals surface area contributed by atoms with E-state index in [1.165, 1.54) is 37.2 Å². The van der Waals surface area contributed by atoms with E-state index in [1.807, 2.05) is 0 Å². The lowest BCUT2D eigenvalue weighted by atomic mass is 9.89. The second-order valence-corrected chi connectivity index (χ2v) is 11.9. The van der Waals surface area contributed by atoms with Crippen LogP contribution < -0.4 is 4.74 Å². The number of fused-ring (bicyclic) bond motifs is 1. The molecule has 0 unspecified atom stereocenters. The Bertz CT molecular complexity index is 1220. The van der Waals surface area contributed by atoms with Gasteiger partial charge in [0.2, 0.25) is 5.82 Å². The van der Waals surface area contributed by atoms with Crippen LogP contribution in [0.3, 0.4) is 0 Å². The van der Waals surface area contributed by atoms with Crippen LogP contribution in [-0.2, 0) is 13.1 Å². The second kappa shape index (κ2) is 11.2. The van der Waals surface area contributed by atoms with Crippen molar-refractivity contribution in [3.63, 3.8) is 0 Å². The molecule has 0 saturated carbocycles. The maximum atomic E-state index is 9.30. The van der Waals surface area contributed by atoms with Gasteiger partial charge in [-0.2, -0.15) is 5.26 Å². The lowest BCUT2D eigenvalue weighted by Gasteiger charge is -2.33. The maximum Gasteiger partial charge on any atom is 0.234 e. The Morgan fingerprint density at radius 1 is 1.03 bits per heavy atom. The number of nitriles is 1. The molecule has 2 fully saturated rings. The molecule has 0 radical (unpaired) electrons. The molecule has 7 nitrogen and oxygen atoms in total. The number of hydrogen-bond donors (Lipinski definition) is 0. The Balaban J connectivity index is 1.18. The number of benzene rings is 1. The second-order valence-electron chi connectivity index (χ2n) is 11.9. The lowest BCUT2D eigenvalue weighted by Crippen LogP contribution is -2.33. The van der Waals surface area contributed by atoms with E-state index in [0.717, 1.165) is 69.0 Å². The quantitative estimate of drug-likeness (QED) is 0.423. The van der Waals surface area contributed by atoms with Crippen LogP contribution in [0.4, 0.5) is 0 Å². The van der Waals surface area contributed by atoms with Gasteiger partial charge in [-0.25, -0.2) is 9.97 Å². The van der Waals surface area contributed by atoms with E-state index in [1.54, 1.807) is 6.20 Å². The van der Waals surface area contributed by atoms with E-state index in [0.29, 0.717) is 5.92 Å². The van der Waals surface area contributed by atoms with Gasteiger partial charge in [0.1, 0.15) is 24.1 Å². The van der Waals surface area contributed by atoms with E-state index in [9.17, 15) is 5.26 Å². The number of hydrogen-bond acceptors (Lipinski definition) is 6. The minimum atomic E-state index is 0.107. The van der Waals surface area contributed by atoms with Gasteiger partial charge in [0.25, 0.3) is 0 Å². The summed E-state index contributed by atoms with van der Waals surface area (Å²) in [5, 5.41) is 10.3. The fourth-order valence-corrected chi connectivity index (χ4v) is 5.72. The van der Waals surface area contributed by atoms with E-state index in [4.69, 9.17) is 4.74 Å². The fraction of sp³-hybridized carbons (Fsp3) is 0.567. The summed E-state index contributed by atoms with van der Waals surface area (Å²) in [5.41, 5.74) is 3.65. The van der Waals surface area contributed by atoms with Crippen molar-refractivity contribution in [1.29, 1.82) is 5.26 Å². The number of ether oxygens (including phenoxy) is 1. The number of piperidine rings is 1. The van der Waals surface area contributed by atoms with Crippen molar-refractivity contribution in [1.82, 2.24) is 24.3 Å². The van der Waals surface area contributed by atoms with Gasteiger partial charge in [0.05, 0.1) is 0 Å². The molecular formula is C30H40N6O. The minimum absolute atomic E-state index is 0.107. The van der Waals surface area contributed by atoms with E-state index >= 15 is 0 Å². The van der Waals surface area contributed by atoms with Crippen molar-refractivity contribution in [2.45, 2.75) is 65.5 Å². The van der Waals surface area contributed by atoms with Gasteiger partial charge in [-0.05, 0) is 87.0 Å². The van der Waals surface area contributed by atoms with Crippen molar-refractivity contribution >= 4 is 11.0 Å². The van der Waals surface area contributed by atoms with Crippen molar-refractivity contribution in [2.24, 2.45) is 5.41 Å². The summed E-state index contributed by atoms with van der Waals surface area (Å²) in [6.45, 7) is 14.9. The monoisotopic (exact) mass is 500 g/mol. The molecule has 3 aromatic rings. The van der Waals surface area contributed by atoms with Crippen molar-refractivity contribution in [2.75, 3.05) is 39.3 Å². The van der Waals surface area contributed by atoms with Crippen LogP contribution in [0.25, 0.3) is 11.0 Å². The van der Waals surface area contributed by atoms with Gasteiger partial charge >= 0.3 is 0 Å². The van der Waals surface area contributed by atoms with Crippen LogP contribution in [-0.4, -0.2) is 63.7 Å². The van der Waals surface area contributed by atoms with Gasteiger partial charge in [0.15, 0.2) is 0 Å². The first-order valence-corrected chi connectivity index (χ1v) is 13.8. The summed E-state index contributed by atoms with van der Waals surface area (Å²) >= 11 is 0. The number of rotatable bonds is 8. The molecule has 0 spiro atoms. The summed E-state index contributed by atoms with van der Waals surface area (Å²) in [6.07, 6.45) is 6.76. The molecule has 37 heavy (non-hydrogen) atoms. The smallest absolute Gasteiger partial charge is 0.234 e. The molecule has 0 N–H and O–H groups in total. The van der Waals surface area contributed by atoms with Gasteiger partial charge in [0, 0.05) is 36.9 Å². The molecule has 2 saturated heterocycles. The van der Waals surface area contributed by atoms with Gasteiger partial charge in [-0.1, -0.05) is 32.9 Å². The summed E-state index contributed by atoms with van der Waals surface area (Å²) in [7, 11) is 0. The molecule has 0 atom stereocenters. The lowest BCUT2D eigenvalue weighted by molar-refractivity contribution is 0.198. The first-order chi connectivity index (χ1) is 17.9. The van der Waals surface area contributed by atoms with Crippen LogP contribution in [0.5, 0.6) is 5.75 Å². The fourth-order valence-electron chi connectivity index (χ4n) is 5.72. The summed E-state index contributed by atoms with van der Waals surface area (Å²) < 4.78 is 8.30. The van der Waals surface area contributed by atoms with Crippen LogP contribution in [0, 0.1) is 16.7 Å². The molecule has 196 valence electrons. The van der Waals surface area contributed by atoms with Gasteiger partial charge in [-0.15, -0.1) is 0 Å². The molecule has 5 rings (SSSR count). The van der Waals surface area contributed by atoms with E-state index in [-0.39, 0.29) is 11.2 Å². The normalized spacial score (nSPS) is 17.9. The summed E-state index contributed by atoms with van der Waals surface area (Å²) in [4.78, 5) is 13.8. The van der Waals surface area contributed by atoms with Crippen molar-refractivity contribution in [3.05, 3.63) is 53.6 Å². The average Bonchev–Trinajstić information content (AvgIpc) is 3.52. The predicted octanol–water partition coefficient (Wildman–Crippen LogP) is 5.20. The molecular weight excluding hydrogens is 460 g/mol. The first-order valence-electron chi connectivity index (χ1n) is 13.8. The third kappa shape index (κ3) is 6.49. The molecule has 0 aliphatic carbocycles. The summed E-state index contributed by atoms with van der Waals surface area (Å²) in [6, 6.07) is 13.1. The van der Waals surface area contributed by atoms with E-state index < -0.39 is 0 Å². The molecule has 2 aromatic heterocycles. The Labute approximate surface area is 221 Å². The van der Waals surface area contributed by atoms with Crippen LogP contribution in [0.15, 0.2) is 36.5 Å². The van der Waals surface area contributed by atoms with Crippen LogP contribution >= 0.6 is 0 Å². The Kier molecular flexibility index (Phi) is 7.78. The topological polar surface area (TPSA) is 70.2 Å². The molecule has 7 heteroatoms. The highest BCUT2D eigenvalue weighted by Crippen LogP contribution is 2.31. The standard InChI is InChI=1S/C30H40N6O/c1-30(2,3)22-36-26(18-25-20-32-28(19-31)33-29(25)36)21-35-14-10-24(11-15-35)23-6-8-27(9-7-23)37-17-16-34-12-4-5-13-34/h6-9,18,20,24H,4-5,10-17,21-22H2,1-3H3. The minimum Gasteiger partial charge on any atom is -0.492 e. The Morgan fingerprint density at radius 2 is 1.76 bits per heavy atom. The van der Waals surface area contributed by atoms with Gasteiger partial charge in [-0.3, -0.25) is 9.80 Å². The van der Waals surface area contributed by atoms with Gasteiger partial charge < -0.3 is 9.30 Å². The Morgan fingerprint density at radius 3 is 2.43 bits per heavy atom.